The topological polar surface area (TPSA) is 38.0 Å². The molecule has 0 fully saturated rings. The van der Waals surface area contributed by atoms with Crippen LogP contribution < -0.4 is 11.1 Å². The number of aryl methyl sites for hydroxylation is 1. The maximum Gasteiger partial charge on any atom is 0.128 e. The van der Waals surface area contributed by atoms with E-state index in [1.165, 1.54) is 6.07 Å². The summed E-state index contributed by atoms with van der Waals surface area (Å²) in [7, 11) is 0. The molecule has 1 unspecified atom stereocenters. The van der Waals surface area contributed by atoms with Gasteiger partial charge in [0.1, 0.15) is 5.82 Å². The number of halogens is 1. The summed E-state index contributed by atoms with van der Waals surface area (Å²) in [5.74, 6) is -0.213. The second-order valence-electron chi connectivity index (χ2n) is 4.15. The Hall–Kier alpha value is -1.19. The summed E-state index contributed by atoms with van der Waals surface area (Å²) in [6.07, 6.45) is 0. The molecule has 1 rings (SSSR count). The summed E-state index contributed by atoms with van der Waals surface area (Å²) in [5.41, 5.74) is 8.32. The average molecular weight is 222 g/mol. The lowest BCUT2D eigenvalue weighted by Gasteiger charge is -2.18. The molecule has 16 heavy (non-hydrogen) atoms. The van der Waals surface area contributed by atoms with Crippen LogP contribution in [-0.2, 0) is 0 Å². The van der Waals surface area contributed by atoms with E-state index < -0.39 is 0 Å². The number of rotatable bonds is 5. The van der Waals surface area contributed by atoms with E-state index in [0.717, 1.165) is 11.1 Å². The van der Waals surface area contributed by atoms with Gasteiger partial charge in [0.2, 0.25) is 0 Å². The highest BCUT2D eigenvalue weighted by atomic mass is 19.1. The van der Waals surface area contributed by atoms with Crippen molar-refractivity contribution in [2.24, 2.45) is 5.73 Å². The Balaban J connectivity index is 2.85. The van der Waals surface area contributed by atoms with E-state index >= 15 is 0 Å². The highest BCUT2D eigenvalue weighted by Gasteiger charge is 2.13. The van der Waals surface area contributed by atoms with Gasteiger partial charge in [-0.15, -0.1) is 0 Å². The first kappa shape index (κ1) is 12.9. The minimum atomic E-state index is -0.213. The van der Waals surface area contributed by atoms with Crippen LogP contribution >= 0.6 is 0 Å². The summed E-state index contributed by atoms with van der Waals surface area (Å²) in [5, 5.41) is 3.19. The van der Waals surface area contributed by atoms with Crippen molar-refractivity contribution in [2.45, 2.75) is 19.9 Å². The number of nitrogens with two attached hydrogens (primary N) is 1. The molecule has 0 amide bonds. The highest BCUT2D eigenvalue weighted by Crippen LogP contribution is 2.18. The zero-order valence-electron chi connectivity index (χ0n) is 9.89. The molecule has 0 saturated heterocycles. The quantitative estimate of drug-likeness (QED) is 0.750. The van der Waals surface area contributed by atoms with E-state index in [4.69, 9.17) is 5.73 Å². The Bertz CT molecular complexity index is 374. The lowest BCUT2D eigenvalue weighted by Crippen LogP contribution is -2.30. The molecule has 0 spiro atoms. The van der Waals surface area contributed by atoms with Crippen LogP contribution in [0.3, 0.4) is 0 Å². The highest BCUT2D eigenvalue weighted by molar-refractivity contribution is 5.27. The lowest BCUT2D eigenvalue weighted by molar-refractivity contribution is 0.523. The number of benzene rings is 1. The molecule has 3 heteroatoms. The van der Waals surface area contributed by atoms with Gasteiger partial charge in [-0.2, -0.15) is 0 Å². The van der Waals surface area contributed by atoms with Crippen LogP contribution in [0.15, 0.2) is 30.4 Å². The molecule has 0 aromatic heterocycles. The smallest absolute Gasteiger partial charge is 0.128 e. The van der Waals surface area contributed by atoms with Crippen molar-refractivity contribution in [3.8, 4) is 0 Å². The van der Waals surface area contributed by atoms with Gasteiger partial charge in [0.05, 0.1) is 0 Å². The van der Waals surface area contributed by atoms with E-state index in [1.54, 1.807) is 6.07 Å². The second kappa shape index (κ2) is 5.77. The average Bonchev–Trinajstić information content (AvgIpc) is 2.23. The summed E-state index contributed by atoms with van der Waals surface area (Å²) in [4.78, 5) is 0. The zero-order valence-corrected chi connectivity index (χ0v) is 9.89. The Morgan fingerprint density at radius 3 is 2.81 bits per heavy atom. The molecule has 88 valence electrons. The number of nitrogens with one attached hydrogen (secondary N) is 1. The fourth-order valence-electron chi connectivity index (χ4n) is 1.55. The molecule has 1 aromatic rings. The summed E-state index contributed by atoms with van der Waals surface area (Å²) in [6.45, 7) is 8.68. The first-order chi connectivity index (χ1) is 7.54. The van der Waals surface area contributed by atoms with E-state index in [-0.39, 0.29) is 11.9 Å². The van der Waals surface area contributed by atoms with Crippen molar-refractivity contribution in [3.05, 3.63) is 47.3 Å². The van der Waals surface area contributed by atoms with Crippen LogP contribution in [0.25, 0.3) is 0 Å². The normalized spacial score (nSPS) is 12.5. The van der Waals surface area contributed by atoms with Crippen LogP contribution in [0.1, 0.15) is 24.1 Å². The Labute approximate surface area is 96.4 Å². The van der Waals surface area contributed by atoms with Crippen molar-refractivity contribution in [3.63, 3.8) is 0 Å². The van der Waals surface area contributed by atoms with E-state index in [0.29, 0.717) is 18.7 Å². The Kier molecular flexibility index (Phi) is 4.65. The third kappa shape index (κ3) is 3.43. The molecule has 0 radical (unpaired) electrons. The van der Waals surface area contributed by atoms with Crippen LogP contribution in [0.5, 0.6) is 0 Å². The maximum absolute atomic E-state index is 13.6. The van der Waals surface area contributed by atoms with Gasteiger partial charge in [0, 0.05) is 24.7 Å². The summed E-state index contributed by atoms with van der Waals surface area (Å²) in [6, 6.07) is 4.91. The summed E-state index contributed by atoms with van der Waals surface area (Å²) < 4.78 is 13.6. The van der Waals surface area contributed by atoms with Gasteiger partial charge >= 0.3 is 0 Å². The fraction of sp³-hybridized carbons (Fsp3) is 0.385. The SMILES string of the molecule is C=C(C)CNC(CN)c1cc(C)ccc1F. The molecule has 3 N–H and O–H groups in total. The van der Waals surface area contributed by atoms with Crippen LogP contribution in [0.2, 0.25) is 0 Å². The van der Waals surface area contributed by atoms with Crippen molar-refractivity contribution in [1.29, 1.82) is 0 Å². The first-order valence-electron chi connectivity index (χ1n) is 5.38. The minimum absolute atomic E-state index is 0.156. The molecule has 1 aromatic carbocycles. The van der Waals surface area contributed by atoms with E-state index in [9.17, 15) is 4.39 Å². The van der Waals surface area contributed by atoms with Crippen molar-refractivity contribution in [2.75, 3.05) is 13.1 Å². The van der Waals surface area contributed by atoms with Crippen LogP contribution in [-0.4, -0.2) is 13.1 Å². The lowest BCUT2D eigenvalue weighted by atomic mass is 10.0. The van der Waals surface area contributed by atoms with Crippen LogP contribution in [0.4, 0.5) is 4.39 Å². The molecular formula is C13H19FN2. The second-order valence-corrected chi connectivity index (χ2v) is 4.15. The number of hydrogen-bond donors (Lipinski definition) is 2. The molecule has 0 saturated carbocycles. The van der Waals surface area contributed by atoms with Gasteiger partial charge < -0.3 is 11.1 Å². The third-order valence-electron chi connectivity index (χ3n) is 2.41. The summed E-state index contributed by atoms with van der Waals surface area (Å²) >= 11 is 0. The Morgan fingerprint density at radius 2 is 2.25 bits per heavy atom. The predicted octanol–water partition coefficient (Wildman–Crippen LogP) is 2.30. The molecule has 2 nitrogen and oxygen atoms in total. The maximum atomic E-state index is 13.6. The van der Waals surface area contributed by atoms with E-state index in [1.807, 2.05) is 19.9 Å². The zero-order chi connectivity index (χ0) is 12.1. The molecular weight excluding hydrogens is 203 g/mol. The first-order valence-corrected chi connectivity index (χ1v) is 5.38. The van der Waals surface area contributed by atoms with E-state index in [2.05, 4.69) is 11.9 Å². The molecule has 0 aliphatic carbocycles. The number of hydrogen-bond acceptors (Lipinski definition) is 2. The minimum Gasteiger partial charge on any atom is -0.329 e. The molecule has 0 heterocycles. The van der Waals surface area contributed by atoms with Gasteiger partial charge in [0.15, 0.2) is 0 Å². The van der Waals surface area contributed by atoms with Crippen molar-refractivity contribution in [1.82, 2.24) is 5.32 Å². The standard InChI is InChI=1S/C13H19FN2/c1-9(2)8-16-13(7-15)11-6-10(3)4-5-12(11)14/h4-6,13,16H,1,7-8,15H2,2-3H3. The molecule has 0 aliphatic rings. The molecule has 0 aliphatic heterocycles. The largest absolute Gasteiger partial charge is 0.329 e. The van der Waals surface area contributed by atoms with Gasteiger partial charge in [0.25, 0.3) is 0 Å². The molecule has 1 atom stereocenters. The van der Waals surface area contributed by atoms with Gasteiger partial charge in [-0.25, -0.2) is 4.39 Å². The third-order valence-corrected chi connectivity index (χ3v) is 2.41. The fourth-order valence-corrected chi connectivity index (χ4v) is 1.55. The van der Waals surface area contributed by atoms with Crippen LogP contribution in [0, 0.1) is 12.7 Å². The van der Waals surface area contributed by atoms with Crippen molar-refractivity contribution >= 4 is 0 Å². The molecule has 0 bridgehead atoms. The van der Waals surface area contributed by atoms with Crippen molar-refractivity contribution < 1.29 is 4.39 Å². The van der Waals surface area contributed by atoms with Gasteiger partial charge in [-0.1, -0.05) is 29.8 Å². The Morgan fingerprint density at radius 1 is 1.56 bits per heavy atom. The monoisotopic (exact) mass is 222 g/mol. The van der Waals surface area contributed by atoms with Gasteiger partial charge in [-0.3, -0.25) is 0 Å². The predicted molar refractivity (Wildman–Crippen MR) is 65.7 cm³/mol. The van der Waals surface area contributed by atoms with Gasteiger partial charge in [-0.05, 0) is 19.9 Å².